The fourth-order valence-corrected chi connectivity index (χ4v) is 2.64. The smallest absolute Gasteiger partial charge is 0.242 e. The maximum absolute atomic E-state index is 12.3. The van der Waals surface area contributed by atoms with Gasteiger partial charge >= 0.3 is 0 Å². The first-order valence-electron chi connectivity index (χ1n) is 7.61. The number of hydrogen-bond acceptors (Lipinski definition) is 6. The van der Waals surface area contributed by atoms with Gasteiger partial charge in [-0.2, -0.15) is 15.2 Å². The highest BCUT2D eigenvalue weighted by Gasteiger charge is 2.39. The van der Waals surface area contributed by atoms with Crippen molar-refractivity contribution < 1.29 is 9.53 Å². The van der Waals surface area contributed by atoms with Gasteiger partial charge in [-0.3, -0.25) is 4.79 Å². The third-order valence-electron chi connectivity index (χ3n) is 4.09. The summed E-state index contributed by atoms with van der Waals surface area (Å²) >= 11 is 0. The van der Waals surface area contributed by atoms with E-state index in [1.165, 1.54) is 0 Å². The molecule has 3 rings (SSSR count). The predicted molar refractivity (Wildman–Crippen MR) is 85.2 cm³/mol. The number of rotatable bonds is 7. The number of carbonyl (C=O) groups is 1. The van der Waals surface area contributed by atoms with Gasteiger partial charge in [0.05, 0.1) is 7.11 Å². The standard InChI is InChI=1S/C16H19N5O2/c1-3-4-7-16(20-21-16)8-9-17-15(22)12-10-11-5-6-13(23-2)19-14(11)18-12/h1,5-6,12H,4,7-10H2,2H3,(H,17,22)(H,18,19). The second-order valence-electron chi connectivity index (χ2n) is 5.69. The van der Waals surface area contributed by atoms with E-state index >= 15 is 0 Å². The summed E-state index contributed by atoms with van der Waals surface area (Å²) in [6, 6.07) is 3.42. The van der Waals surface area contributed by atoms with Crippen LogP contribution in [-0.2, 0) is 11.2 Å². The van der Waals surface area contributed by atoms with Crippen LogP contribution in [-0.4, -0.2) is 36.3 Å². The van der Waals surface area contributed by atoms with Crippen LogP contribution >= 0.6 is 0 Å². The van der Waals surface area contributed by atoms with Gasteiger partial charge in [0.1, 0.15) is 11.9 Å². The molecule has 0 radical (unpaired) electrons. The number of ether oxygens (including phenoxy) is 1. The van der Waals surface area contributed by atoms with E-state index in [9.17, 15) is 4.79 Å². The normalized spacial score (nSPS) is 19.4. The lowest BCUT2D eigenvalue weighted by Crippen LogP contribution is -2.39. The quantitative estimate of drug-likeness (QED) is 0.747. The van der Waals surface area contributed by atoms with E-state index in [2.05, 4.69) is 31.8 Å². The number of terminal acetylenes is 1. The molecular formula is C16H19N5O2. The number of fused-ring (bicyclic) bond motifs is 1. The molecule has 1 amide bonds. The highest BCUT2D eigenvalue weighted by atomic mass is 16.5. The first-order valence-corrected chi connectivity index (χ1v) is 7.61. The molecule has 1 aromatic heterocycles. The molecule has 7 nitrogen and oxygen atoms in total. The Morgan fingerprint density at radius 3 is 3.04 bits per heavy atom. The van der Waals surface area contributed by atoms with E-state index in [1.54, 1.807) is 13.2 Å². The molecule has 23 heavy (non-hydrogen) atoms. The second kappa shape index (κ2) is 6.24. The van der Waals surface area contributed by atoms with Crippen LogP contribution in [0, 0.1) is 12.3 Å². The molecule has 0 saturated heterocycles. The van der Waals surface area contributed by atoms with Crippen molar-refractivity contribution in [2.45, 2.75) is 37.4 Å². The average molecular weight is 313 g/mol. The first-order chi connectivity index (χ1) is 11.2. The van der Waals surface area contributed by atoms with Crippen molar-refractivity contribution in [2.24, 2.45) is 10.2 Å². The number of aromatic nitrogens is 1. The van der Waals surface area contributed by atoms with E-state index in [0.717, 1.165) is 12.0 Å². The minimum Gasteiger partial charge on any atom is -0.481 e. The van der Waals surface area contributed by atoms with Crippen molar-refractivity contribution in [3.05, 3.63) is 17.7 Å². The molecule has 0 bridgehead atoms. The lowest BCUT2D eigenvalue weighted by Gasteiger charge is -2.13. The molecule has 0 saturated carbocycles. The third-order valence-corrected chi connectivity index (χ3v) is 4.09. The van der Waals surface area contributed by atoms with Crippen LogP contribution < -0.4 is 15.4 Å². The Kier molecular flexibility index (Phi) is 4.15. The summed E-state index contributed by atoms with van der Waals surface area (Å²) in [5, 5.41) is 14.2. The van der Waals surface area contributed by atoms with Gasteiger partial charge in [0.15, 0.2) is 5.66 Å². The van der Waals surface area contributed by atoms with Crippen molar-refractivity contribution in [1.29, 1.82) is 0 Å². The summed E-state index contributed by atoms with van der Waals surface area (Å²) < 4.78 is 5.09. The number of nitrogens with zero attached hydrogens (tertiary/aromatic N) is 3. The maximum atomic E-state index is 12.3. The molecule has 7 heteroatoms. The fourth-order valence-electron chi connectivity index (χ4n) is 2.64. The molecule has 0 aliphatic carbocycles. The van der Waals surface area contributed by atoms with Gasteiger partial charge in [0.2, 0.25) is 11.8 Å². The molecule has 2 N–H and O–H groups in total. The Bertz CT molecular complexity index is 674. The van der Waals surface area contributed by atoms with Crippen LogP contribution in [0.1, 0.15) is 24.8 Å². The summed E-state index contributed by atoms with van der Waals surface area (Å²) in [6.45, 7) is 0.529. The van der Waals surface area contributed by atoms with Crippen molar-refractivity contribution in [3.8, 4) is 18.2 Å². The molecule has 2 aliphatic rings. The minimum atomic E-state index is -0.360. The summed E-state index contributed by atoms with van der Waals surface area (Å²) in [6.07, 6.45) is 7.96. The molecule has 0 spiro atoms. The zero-order chi connectivity index (χ0) is 16.3. The highest BCUT2D eigenvalue weighted by molar-refractivity contribution is 5.86. The predicted octanol–water partition coefficient (Wildman–Crippen LogP) is 1.51. The summed E-state index contributed by atoms with van der Waals surface area (Å²) in [4.78, 5) is 16.6. The molecule has 0 fully saturated rings. The molecule has 1 aromatic rings. The average Bonchev–Trinajstić information content (AvgIpc) is 3.20. The minimum absolute atomic E-state index is 0.0466. The molecule has 0 aromatic carbocycles. The van der Waals surface area contributed by atoms with Gasteiger partial charge in [-0.15, -0.1) is 12.3 Å². The number of hydrogen-bond donors (Lipinski definition) is 2. The van der Waals surface area contributed by atoms with Gasteiger partial charge in [0, 0.05) is 38.3 Å². The van der Waals surface area contributed by atoms with Gasteiger partial charge < -0.3 is 15.4 Å². The molecule has 2 aliphatic heterocycles. The van der Waals surface area contributed by atoms with Crippen molar-refractivity contribution in [2.75, 3.05) is 19.0 Å². The number of methoxy groups -OCH3 is 1. The van der Waals surface area contributed by atoms with Crippen LogP contribution in [0.15, 0.2) is 22.4 Å². The molecular weight excluding hydrogens is 294 g/mol. The second-order valence-corrected chi connectivity index (χ2v) is 5.69. The van der Waals surface area contributed by atoms with E-state index in [1.807, 2.05) is 6.07 Å². The van der Waals surface area contributed by atoms with Crippen LogP contribution in [0.25, 0.3) is 0 Å². The van der Waals surface area contributed by atoms with Gasteiger partial charge in [-0.05, 0) is 11.6 Å². The highest BCUT2D eigenvalue weighted by Crippen LogP contribution is 2.36. The number of pyridine rings is 1. The van der Waals surface area contributed by atoms with Crippen molar-refractivity contribution >= 4 is 11.7 Å². The Balaban J connectivity index is 1.46. The summed E-state index contributed by atoms with van der Waals surface area (Å²) in [5.41, 5.74) is 0.657. The number of nitrogens with one attached hydrogen (secondary N) is 2. The lowest BCUT2D eigenvalue weighted by molar-refractivity contribution is -0.121. The maximum Gasteiger partial charge on any atom is 0.242 e. The van der Waals surface area contributed by atoms with Crippen LogP contribution in [0.4, 0.5) is 5.82 Å². The fraction of sp³-hybridized carbons (Fsp3) is 0.500. The first kappa shape index (κ1) is 15.3. The molecule has 120 valence electrons. The third kappa shape index (κ3) is 3.42. The van der Waals surface area contributed by atoms with E-state index in [4.69, 9.17) is 11.2 Å². The van der Waals surface area contributed by atoms with Crippen molar-refractivity contribution in [1.82, 2.24) is 10.3 Å². The topological polar surface area (TPSA) is 88.0 Å². The lowest BCUT2D eigenvalue weighted by atomic mass is 10.0. The summed E-state index contributed by atoms with van der Waals surface area (Å²) in [7, 11) is 1.57. The van der Waals surface area contributed by atoms with Crippen molar-refractivity contribution in [3.63, 3.8) is 0 Å². The zero-order valence-electron chi connectivity index (χ0n) is 13.0. The van der Waals surface area contributed by atoms with Crippen LogP contribution in [0.2, 0.25) is 0 Å². The summed E-state index contributed by atoms with van der Waals surface area (Å²) in [5.74, 6) is 3.79. The Morgan fingerprint density at radius 2 is 2.35 bits per heavy atom. The van der Waals surface area contributed by atoms with Gasteiger partial charge in [0.25, 0.3) is 0 Å². The van der Waals surface area contributed by atoms with E-state index < -0.39 is 0 Å². The van der Waals surface area contributed by atoms with Gasteiger partial charge in [-0.25, -0.2) is 0 Å². The van der Waals surface area contributed by atoms with Crippen LogP contribution in [0.5, 0.6) is 5.88 Å². The van der Waals surface area contributed by atoms with Crippen LogP contribution in [0.3, 0.4) is 0 Å². The Labute approximate surface area is 134 Å². The number of carbonyl (C=O) groups excluding carboxylic acids is 1. The largest absolute Gasteiger partial charge is 0.481 e. The van der Waals surface area contributed by atoms with Gasteiger partial charge in [-0.1, -0.05) is 0 Å². The Morgan fingerprint density at radius 1 is 1.52 bits per heavy atom. The van der Waals surface area contributed by atoms with E-state index in [-0.39, 0.29) is 17.6 Å². The molecule has 1 atom stereocenters. The molecule has 1 unspecified atom stereocenters. The number of anilines is 1. The number of amides is 1. The Hall–Kier alpha value is -2.62. The zero-order valence-corrected chi connectivity index (χ0v) is 13.0. The van der Waals surface area contributed by atoms with E-state index in [0.29, 0.717) is 37.5 Å². The molecule has 3 heterocycles. The SMILES string of the molecule is C#CCCC1(CCNC(=O)C2Cc3ccc(OC)nc3N2)N=N1. The monoisotopic (exact) mass is 313 g/mol.